The van der Waals surface area contributed by atoms with E-state index in [1.807, 2.05) is 40.7 Å². The number of aliphatic imine (C=N–C) groups is 1. The Labute approximate surface area is 244 Å². The lowest BCUT2D eigenvalue weighted by Gasteiger charge is -2.54. The van der Waals surface area contributed by atoms with Crippen molar-refractivity contribution in [1.29, 1.82) is 0 Å². The van der Waals surface area contributed by atoms with Crippen LogP contribution in [0, 0.1) is 5.92 Å². The second-order valence-electron chi connectivity index (χ2n) is 12.3. The third kappa shape index (κ3) is 4.20. The highest BCUT2D eigenvalue weighted by Crippen LogP contribution is 2.64. The molecule has 1 aliphatic carbocycles. The zero-order valence-electron chi connectivity index (χ0n) is 24.7. The molecule has 5 heterocycles. The number of rotatable bonds is 10. The normalized spacial score (nSPS) is 28.0. The Morgan fingerprint density at radius 3 is 2.83 bits per heavy atom. The summed E-state index contributed by atoms with van der Waals surface area (Å²) in [6, 6.07) is 4.57. The summed E-state index contributed by atoms with van der Waals surface area (Å²) in [7, 11) is 0. The number of fused-ring (bicyclic) bond motifs is 1. The van der Waals surface area contributed by atoms with E-state index in [0.29, 0.717) is 49.5 Å². The molecule has 7 rings (SSSR count). The molecule has 1 aromatic carbocycles. The topological polar surface area (TPSA) is 134 Å². The number of benzene rings is 1. The first-order chi connectivity index (χ1) is 20.0. The molecule has 11 nitrogen and oxygen atoms in total. The number of allylic oxidation sites excluding steroid dienone is 1. The molecule has 1 saturated carbocycles. The summed E-state index contributed by atoms with van der Waals surface area (Å²) in [5, 5.41) is 11.1. The average molecular weight is 576 g/mol. The number of ether oxygens (including phenoxy) is 3. The van der Waals surface area contributed by atoms with Gasteiger partial charge in [0, 0.05) is 25.3 Å². The minimum Gasteiger partial charge on any atom is -0.486 e. The molecule has 1 aromatic heterocycles. The molecule has 1 amide bonds. The van der Waals surface area contributed by atoms with Crippen LogP contribution in [0.2, 0.25) is 0 Å². The van der Waals surface area contributed by atoms with E-state index in [1.165, 1.54) is 0 Å². The third-order valence-electron chi connectivity index (χ3n) is 8.76. The minimum atomic E-state index is -1.34. The second kappa shape index (κ2) is 10.1. The Bertz CT molecular complexity index is 1520. The smallest absolute Gasteiger partial charge is 0.220 e. The van der Waals surface area contributed by atoms with Crippen molar-refractivity contribution < 1.29 is 28.6 Å². The van der Waals surface area contributed by atoms with E-state index >= 15 is 0 Å². The summed E-state index contributed by atoms with van der Waals surface area (Å²) < 4.78 is 21.2. The quantitative estimate of drug-likeness (QED) is 0.426. The van der Waals surface area contributed by atoms with Gasteiger partial charge in [0.1, 0.15) is 41.1 Å². The second-order valence-corrected chi connectivity index (χ2v) is 12.3. The van der Waals surface area contributed by atoms with Crippen molar-refractivity contribution in [3.05, 3.63) is 47.3 Å². The third-order valence-corrected chi connectivity index (χ3v) is 8.76. The van der Waals surface area contributed by atoms with Gasteiger partial charge in [-0.25, -0.2) is 0 Å². The number of amides is 1. The number of hydrogen-bond donors (Lipinski definition) is 1. The van der Waals surface area contributed by atoms with Crippen molar-refractivity contribution in [3.8, 4) is 11.5 Å². The van der Waals surface area contributed by atoms with Crippen LogP contribution in [0.5, 0.6) is 11.5 Å². The molecule has 1 spiro atoms. The van der Waals surface area contributed by atoms with Crippen LogP contribution in [-0.4, -0.2) is 67.6 Å². The van der Waals surface area contributed by atoms with E-state index in [-0.39, 0.29) is 41.3 Å². The number of ketones is 2. The Hall–Kier alpha value is -3.86. The van der Waals surface area contributed by atoms with E-state index < -0.39 is 22.8 Å². The van der Waals surface area contributed by atoms with Crippen molar-refractivity contribution in [2.24, 2.45) is 10.9 Å². The Kier molecular flexibility index (Phi) is 6.83. The maximum Gasteiger partial charge on any atom is 0.220 e. The van der Waals surface area contributed by atoms with Crippen LogP contribution in [0.4, 0.5) is 0 Å². The fourth-order valence-corrected chi connectivity index (χ4v) is 6.96. The van der Waals surface area contributed by atoms with Crippen molar-refractivity contribution in [2.75, 3.05) is 6.54 Å². The van der Waals surface area contributed by atoms with E-state index in [0.717, 1.165) is 12.0 Å². The van der Waals surface area contributed by atoms with Crippen LogP contribution in [0.3, 0.4) is 0 Å². The molecule has 11 heteroatoms. The first-order valence-corrected chi connectivity index (χ1v) is 14.6. The number of hydrogen-bond acceptors (Lipinski definition) is 9. The van der Waals surface area contributed by atoms with Gasteiger partial charge in [-0.3, -0.25) is 24.1 Å². The molecule has 42 heavy (non-hydrogen) atoms. The Morgan fingerprint density at radius 1 is 1.26 bits per heavy atom. The molecule has 0 radical (unpaired) electrons. The lowest BCUT2D eigenvalue weighted by atomic mass is 9.55. The van der Waals surface area contributed by atoms with Crippen LogP contribution in [0.1, 0.15) is 76.4 Å². The van der Waals surface area contributed by atoms with Crippen molar-refractivity contribution >= 4 is 23.2 Å². The molecule has 4 atom stereocenters. The number of carbonyl (C=O) groups is 3. The number of aromatic nitrogens is 3. The molecular weight excluding hydrogens is 538 g/mol. The van der Waals surface area contributed by atoms with Gasteiger partial charge in [-0.15, -0.1) is 5.10 Å². The predicted octanol–water partition coefficient (Wildman–Crippen LogP) is 3.40. The van der Waals surface area contributed by atoms with Gasteiger partial charge in [0.25, 0.3) is 0 Å². The number of nitrogens with one attached hydrogen (secondary N) is 1. The maximum atomic E-state index is 14.3. The van der Waals surface area contributed by atoms with Crippen LogP contribution in [0.15, 0.2) is 41.0 Å². The van der Waals surface area contributed by atoms with Crippen molar-refractivity contribution in [3.63, 3.8) is 0 Å². The lowest BCUT2D eigenvalue weighted by molar-refractivity contribution is -0.165. The summed E-state index contributed by atoms with van der Waals surface area (Å²) in [6.45, 7) is 10.9. The monoisotopic (exact) mass is 575 g/mol. The first-order valence-electron chi connectivity index (χ1n) is 14.6. The number of carbonyl (C=O) groups excluding carboxylic acids is 3. The molecule has 4 unspecified atom stereocenters. The molecular formula is C31H37N5O6. The van der Waals surface area contributed by atoms with E-state index in [1.54, 1.807) is 29.1 Å². The van der Waals surface area contributed by atoms with E-state index in [9.17, 15) is 14.4 Å². The average Bonchev–Trinajstić information content (AvgIpc) is 3.45. The van der Waals surface area contributed by atoms with Gasteiger partial charge in [0.2, 0.25) is 11.7 Å². The molecule has 1 saturated heterocycles. The van der Waals surface area contributed by atoms with Crippen molar-refractivity contribution in [2.45, 2.75) is 96.3 Å². The highest BCUT2D eigenvalue weighted by Gasteiger charge is 2.82. The van der Waals surface area contributed by atoms with Gasteiger partial charge >= 0.3 is 0 Å². The summed E-state index contributed by atoms with van der Waals surface area (Å²) in [5.74, 6) is 0.0498. The zero-order valence-corrected chi connectivity index (χ0v) is 24.7. The standard InChI is InChI=1S/C31H37N5O6/c1-6-8-24(37)32-13-14-36-16-19(34-35-36)17-40-21-9-7-10-22-25(21)26(38)27-31(41-22)23-15-20(33-27)28(39)30(31,12-11-18(2)3)42-29(23,4)5/h7,9-11,16,20,23H,6,8,12-15,17H2,1-5H3,(H,32,37). The summed E-state index contributed by atoms with van der Waals surface area (Å²) >= 11 is 0. The van der Waals surface area contributed by atoms with E-state index in [4.69, 9.17) is 19.2 Å². The van der Waals surface area contributed by atoms with Gasteiger partial charge in [-0.05, 0) is 52.7 Å². The molecule has 1 N–H and O–H groups in total. The van der Waals surface area contributed by atoms with Gasteiger partial charge in [0.05, 0.1) is 18.3 Å². The summed E-state index contributed by atoms with van der Waals surface area (Å²) in [4.78, 5) is 44.5. The molecule has 5 aliphatic rings. The fourth-order valence-electron chi connectivity index (χ4n) is 6.96. The molecule has 222 valence electrons. The highest BCUT2D eigenvalue weighted by atomic mass is 16.6. The number of Topliss-reactive ketones (excluding diaryl/α,β-unsaturated/α-hetero) is 2. The Morgan fingerprint density at radius 2 is 2.07 bits per heavy atom. The Balaban J connectivity index is 1.27. The van der Waals surface area contributed by atoms with Crippen LogP contribution in [0.25, 0.3) is 0 Å². The van der Waals surface area contributed by atoms with Crippen LogP contribution >= 0.6 is 0 Å². The first kappa shape index (κ1) is 28.3. The van der Waals surface area contributed by atoms with Crippen molar-refractivity contribution in [1.82, 2.24) is 20.3 Å². The molecule has 2 aromatic rings. The highest BCUT2D eigenvalue weighted by molar-refractivity contribution is 6.52. The maximum absolute atomic E-state index is 14.3. The zero-order chi connectivity index (χ0) is 29.9. The summed E-state index contributed by atoms with van der Waals surface area (Å²) in [6.07, 6.45) is 5.80. The molecule has 2 fully saturated rings. The van der Waals surface area contributed by atoms with Gasteiger partial charge < -0.3 is 19.5 Å². The summed E-state index contributed by atoms with van der Waals surface area (Å²) in [5.41, 5.74) is -1.20. The molecule has 4 bridgehead atoms. The van der Waals surface area contributed by atoms with Crippen LogP contribution in [-0.2, 0) is 27.5 Å². The largest absolute Gasteiger partial charge is 0.486 e. The molecule has 4 aliphatic heterocycles. The van der Waals surface area contributed by atoms with Crippen LogP contribution < -0.4 is 14.8 Å². The predicted molar refractivity (Wildman–Crippen MR) is 153 cm³/mol. The van der Waals surface area contributed by atoms with E-state index in [2.05, 4.69) is 15.6 Å². The van der Waals surface area contributed by atoms with Gasteiger partial charge in [-0.2, -0.15) is 0 Å². The SMILES string of the molecule is CCCC(=O)NCCn1cc(COc2cccc3c2C(=O)C2=NC4CC5C(C)(C)OC(CC=C(C)C)(C4=O)C25O3)nn1. The van der Waals surface area contributed by atoms with Gasteiger partial charge in [0.15, 0.2) is 17.0 Å². The number of nitrogens with zero attached hydrogens (tertiary/aromatic N) is 4. The minimum absolute atomic E-state index is 0.00911. The fraction of sp³-hybridized carbons (Fsp3) is 0.548. The lowest BCUT2D eigenvalue weighted by Crippen LogP contribution is -2.76. The van der Waals surface area contributed by atoms with Gasteiger partial charge in [-0.1, -0.05) is 29.9 Å².